The molecule has 0 spiro atoms. The van der Waals surface area contributed by atoms with Crippen molar-refractivity contribution in [2.24, 2.45) is 5.41 Å². The maximum absolute atomic E-state index is 12.4. The molecular weight excluding hydrogens is 230 g/mol. The van der Waals surface area contributed by atoms with Crippen LogP contribution in [0, 0.1) is 5.41 Å². The minimum atomic E-state index is -0.830. The van der Waals surface area contributed by atoms with Gasteiger partial charge in [-0.05, 0) is 25.7 Å². The van der Waals surface area contributed by atoms with Gasteiger partial charge in [-0.1, -0.05) is 26.7 Å². The minimum Gasteiger partial charge on any atom is -0.388 e. The Labute approximate surface area is 108 Å². The van der Waals surface area contributed by atoms with Gasteiger partial charge in [0.05, 0.1) is 17.6 Å². The molecule has 2 aliphatic rings. The normalized spacial score (nSPS) is 26.1. The van der Waals surface area contributed by atoms with Gasteiger partial charge >= 0.3 is 0 Å². The van der Waals surface area contributed by atoms with E-state index >= 15 is 0 Å². The molecule has 4 heteroatoms. The van der Waals surface area contributed by atoms with Crippen LogP contribution in [0.2, 0.25) is 0 Å². The van der Waals surface area contributed by atoms with E-state index in [1.165, 1.54) is 4.90 Å². The van der Waals surface area contributed by atoms with Gasteiger partial charge in [-0.3, -0.25) is 14.5 Å². The Morgan fingerprint density at radius 2 is 1.72 bits per heavy atom. The molecule has 0 radical (unpaired) electrons. The van der Waals surface area contributed by atoms with Gasteiger partial charge in [0.15, 0.2) is 0 Å². The molecule has 1 aliphatic heterocycles. The average Bonchev–Trinajstić information content (AvgIpc) is 2.87. The predicted octanol–water partition coefficient (Wildman–Crippen LogP) is 1.86. The van der Waals surface area contributed by atoms with E-state index in [0.29, 0.717) is 32.1 Å². The van der Waals surface area contributed by atoms with Crippen LogP contribution in [0.25, 0.3) is 0 Å². The standard InChI is InChI=1S/C14H23NO3/c1-3-13(4-2)9-11(16)15(12(13)17)10-14(18)7-5-6-8-14/h18H,3-10H2,1-2H3. The summed E-state index contributed by atoms with van der Waals surface area (Å²) in [7, 11) is 0. The molecule has 102 valence electrons. The molecule has 2 amide bonds. The largest absolute Gasteiger partial charge is 0.388 e. The molecule has 0 atom stereocenters. The number of amides is 2. The Morgan fingerprint density at radius 1 is 1.17 bits per heavy atom. The van der Waals surface area contributed by atoms with E-state index in [0.717, 1.165) is 12.8 Å². The number of aliphatic hydroxyl groups is 1. The van der Waals surface area contributed by atoms with Crippen molar-refractivity contribution in [3.05, 3.63) is 0 Å². The number of carbonyl (C=O) groups is 2. The van der Waals surface area contributed by atoms with Gasteiger partial charge in [-0.15, -0.1) is 0 Å². The number of likely N-dealkylation sites (tertiary alicyclic amines) is 1. The van der Waals surface area contributed by atoms with Gasteiger partial charge in [0.1, 0.15) is 0 Å². The third-order valence-electron chi connectivity index (χ3n) is 4.83. The smallest absolute Gasteiger partial charge is 0.235 e. The van der Waals surface area contributed by atoms with E-state index in [1.54, 1.807) is 0 Å². The summed E-state index contributed by atoms with van der Waals surface area (Å²) < 4.78 is 0. The van der Waals surface area contributed by atoms with Crippen LogP contribution >= 0.6 is 0 Å². The summed E-state index contributed by atoms with van der Waals surface area (Å²) in [5.74, 6) is -0.179. The molecule has 18 heavy (non-hydrogen) atoms. The quantitative estimate of drug-likeness (QED) is 0.778. The second-order valence-electron chi connectivity index (χ2n) is 5.88. The minimum absolute atomic E-state index is 0.0715. The zero-order valence-electron chi connectivity index (χ0n) is 11.4. The topological polar surface area (TPSA) is 57.6 Å². The van der Waals surface area contributed by atoms with Crippen molar-refractivity contribution >= 4 is 11.8 Å². The van der Waals surface area contributed by atoms with Crippen molar-refractivity contribution in [2.45, 2.75) is 64.4 Å². The third kappa shape index (κ3) is 2.07. The molecule has 2 fully saturated rings. The summed E-state index contributed by atoms with van der Waals surface area (Å²) in [5, 5.41) is 10.4. The molecule has 1 heterocycles. The number of hydrogen-bond donors (Lipinski definition) is 1. The monoisotopic (exact) mass is 253 g/mol. The molecule has 0 unspecified atom stereocenters. The molecule has 0 bridgehead atoms. The first kappa shape index (κ1) is 13.5. The van der Waals surface area contributed by atoms with Crippen molar-refractivity contribution in [2.75, 3.05) is 6.54 Å². The van der Waals surface area contributed by atoms with Crippen LogP contribution in [0.4, 0.5) is 0 Å². The number of imide groups is 1. The van der Waals surface area contributed by atoms with Gasteiger partial charge < -0.3 is 5.11 Å². The fraction of sp³-hybridized carbons (Fsp3) is 0.857. The van der Waals surface area contributed by atoms with Crippen molar-refractivity contribution < 1.29 is 14.7 Å². The van der Waals surface area contributed by atoms with E-state index in [9.17, 15) is 14.7 Å². The lowest BCUT2D eigenvalue weighted by molar-refractivity contribution is -0.145. The summed E-state index contributed by atoms with van der Waals surface area (Å²) in [4.78, 5) is 25.8. The summed E-state index contributed by atoms with van der Waals surface area (Å²) in [6.45, 7) is 4.12. The van der Waals surface area contributed by atoms with Crippen LogP contribution in [-0.2, 0) is 9.59 Å². The Hall–Kier alpha value is -0.900. The highest BCUT2D eigenvalue weighted by atomic mass is 16.3. The van der Waals surface area contributed by atoms with Crippen molar-refractivity contribution in [1.29, 1.82) is 0 Å². The average molecular weight is 253 g/mol. The first-order valence-corrected chi connectivity index (χ1v) is 7.03. The van der Waals surface area contributed by atoms with Gasteiger partial charge in [0.25, 0.3) is 0 Å². The van der Waals surface area contributed by atoms with Gasteiger partial charge in [-0.2, -0.15) is 0 Å². The van der Waals surface area contributed by atoms with E-state index in [2.05, 4.69) is 0 Å². The van der Waals surface area contributed by atoms with Gasteiger partial charge in [0.2, 0.25) is 11.8 Å². The Morgan fingerprint density at radius 3 is 2.17 bits per heavy atom. The Balaban J connectivity index is 2.14. The van der Waals surface area contributed by atoms with E-state index in [4.69, 9.17) is 0 Å². The zero-order chi connectivity index (χ0) is 13.4. The number of hydrogen-bond acceptors (Lipinski definition) is 3. The van der Waals surface area contributed by atoms with Crippen LogP contribution in [0.1, 0.15) is 58.8 Å². The first-order chi connectivity index (χ1) is 8.46. The van der Waals surface area contributed by atoms with Gasteiger partial charge in [0, 0.05) is 6.42 Å². The second-order valence-corrected chi connectivity index (χ2v) is 5.88. The van der Waals surface area contributed by atoms with Crippen LogP contribution in [0.3, 0.4) is 0 Å². The molecular formula is C14H23NO3. The number of carbonyl (C=O) groups excluding carboxylic acids is 2. The number of rotatable bonds is 4. The van der Waals surface area contributed by atoms with Crippen molar-refractivity contribution in [3.63, 3.8) is 0 Å². The van der Waals surface area contributed by atoms with E-state index in [1.807, 2.05) is 13.8 Å². The highest BCUT2D eigenvalue weighted by Gasteiger charge is 2.51. The molecule has 2 rings (SSSR count). The molecule has 1 aliphatic carbocycles. The molecule has 0 aromatic heterocycles. The zero-order valence-corrected chi connectivity index (χ0v) is 11.4. The van der Waals surface area contributed by atoms with Crippen LogP contribution in [-0.4, -0.2) is 34.0 Å². The molecule has 1 saturated heterocycles. The fourth-order valence-electron chi connectivity index (χ4n) is 3.31. The lowest BCUT2D eigenvalue weighted by Crippen LogP contribution is -2.45. The maximum atomic E-state index is 12.4. The summed E-state index contributed by atoms with van der Waals surface area (Å²) in [5.41, 5.74) is -1.34. The maximum Gasteiger partial charge on any atom is 0.235 e. The lowest BCUT2D eigenvalue weighted by Gasteiger charge is -2.29. The molecule has 4 nitrogen and oxygen atoms in total. The summed E-state index contributed by atoms with van der Waals surface area (Å²) >= 11 is 0. The summed E-state index contributed by atoms with van der Waals surface area (Å²) in [6.07, 6.45) is 5.09. The molecule has 0 aromatic carbocycles. The molecule has 1 N–H and O–H groups in total. The number of β-amino-alcohol motifs (C(OH)–C–C–N with tert-alkyl or cyclic N) is 1. The van der Waals surface area contributed by atoms with E-state index < -0.39 is 11.0 Å². The van der Waals surface area contributed by atoms with Crippen LogP contribution in [0.5, 0.6) is 0 Å². The molecule has 0 aromatic rings. The van der Waals surface area contributed by atoms with Crippen LogP contribution in [0.15, 0.2) is 0 Å². The Bertz CT molecular complexity index is 354. The third-order valence-corrected chi connectivity index (χ3v) is 4.83. The van der Waals surface area contributed by atoms with Crippen molar-refractivity contribution in [3.8, 4) is 0 Å². The van der Waals surface area contributed by atoms with Crippen molar-refractivity contribution in [1.82, 2.24) is 4.90 Å². The lowest BCUT2D eigenvalue weighted by atomic mass is 9.81. The van der Waals surface area contributed by atoms with E-state index in [-0.39, 0.29) is 18.4 Å². The number of nitrogens with zero attached hydrogens (tertiary/aromatic N) is 1. The SMILES string of the molecule is CCC1(CC)CC(=O)N(CC2(O)CCCC2)C1=O. The highest BCUT2D eigenvalue weighted by molar-refractivity contribution is 6.05. The Kier molecular flexibility index (Phi) is 3.49. The first-order valence-electron chi connectivity index (χ1n) is 7.03. The fourth-order valence-corrected chi connectivity index (χ4v) is 3.31. The van der Waals surface area contributed by atoms with Gasteiger partial charge in [-0.25, -0.2) is 0 Å². The summed E-state index contributed by atoms with van der Waals surface area (Å²) in [6, 6.07) is 0. The molecule has 1 saturated carbocycles. The predicted molar refractivity (Wildman–Crippen MR) is 67.8 cm³/mol. The highest BCUT2D eigenvalue weighted by Crippen LogP contribution is 2.41. The van der Waals surface area contributed by atoms with Crippen LogP contribution < -0.4 is 0 Å². The second kappa shape index (κ2) is 4.65.